The van der Waals surface area contributed by atoms with E-state index < -0.39 is 0 Å². The number of thioether (sulfide) groups is 1. The van der Waals surface area contributed by atoms with E-state index in [0.29, 0.717) is 22.5 Å². The molecular formula is C21H20N4O2S. The second-order valence-electron chi connectivity index (χ2n) is 6.70. The average Bonchev–Trinajstić information content (AvgIpc) is 3.20. The van der Waals surface area contributed by atoms with Gasteiger partial charge in [-0.3, -0.25) is 4.79 Å². The van der Waals surface area contributed by atoms with Crippen LogP contribution in [0.1, 0.15) is 33.4 Å². The summed E-state index contributed by atoms with van der Waals surface area (Å²) in [5.41, 5.74) is 5.46. The van der Waals surface area contributed by atoms with E-state index in [0.717, 1.165) is 28.0 Å². The van der Waals surface area contributed by atoms with Crippen molar-refractivity contribution in [1.29, 1.82) is 0 Å². The number of oxazole rings is 1. The first-order valence-electron chi connectivity index (χ1n) is 8.96. The van der Waals surface area contributed by atoms with Crippen molar-refractivity contribution in [3.63, 3.8) is 0 Å². The van der Waals surface area contributed by atoms with E-state index in [1.165, 1.54) is 11.8 Å². The zero-order chi connectivity index (χ0) is 19.8. The van der Waals surface area contributed by atoms with Gasteiger partial charge in [0.15, 0.2) is 16.8 Å². The fourth-order valence-corrected chi connectivity index (χ4v) is 4.08. The molecule has 0 fully saturated rings. The van der Waals surface area contributed by atoms with E-state index in [1.54, 1.807) is 13.8 Å². The molecule has 0 spiro atoms. The third-order valence-corrected chi connectivity index (χ3v) is 5.35. The minimum Gasteiger partial charge on any atom is -0.438 e. The number of nitrogens with zero attached hydrogens (tertiary/aromatic N) is 4. The van der Waals surface area contributed by atoms with Gasteiger partial charge in [0.05, 0.1) is 28.4 Å². The molecule has 0 aliphatic carbocycles. The Labute approximate surface area is 167 Å². The van der Waals surface area contributed by atoms with Gasteiger partial charge in [-0.1, -0.05) is 42.1 Å². The molecule has 0 atom stereocenters. The summed E-state index contributed by atoms with van der Waals surface area (Å²) >= 11 is 1.36. The number of rotatable bonds is 5. The fraction of sp³-hybridized carbons (Fsp3) is 0.238. The second-order valence-corrected chi connectivity index (χ2v) is 7.64. The van der Waals surface area contributed by atoms with Gasteiger partial charge in [-0.25, -0.2) is 14.5 Å². The molecule has 3 heterocycles. The number of carbonyl (C=O) groups is 1. The zero-order valence-corrected chi connectivity index (χ0v) is 17.0. The number of imidazole rings is 1. The van der Waals surface area contributed by atoms with Crippen LogP contribution in [-0.4, -0.2) is 31.1 Å². The molecule has 0 amide bonds. The fourth-order valence-electron chi connectivity index (χ4n) is 3.28. The molecule has 0 saturated carbocycles. The Morgan fingerprint density at radius 3 is 2.54 bits per heavy atom. The van der Waals surface area contributed by atoms with E-state index in [1.807, 2.05) is 47.8 Å². The molecule has 0 saturated heterocycles. The van der Waals surface area contributed by atoms with Gasteiger partial charge in [-0.15, -0.1) is 0 Å². The highest BCUT2D eigenvalue weighted by Gasteiger charge is 2.20. The van der Waals surface area contributed by atoms with Gasteiger partial charge in [0.1, 0.15) is 0 Å². The van der Waals surface area contributed by atoms with Crippen molar-refractivity contribution in [2.45, 2.75) is 32.9 Å². The first-order valence-corrected chi connectivity index (χ1v) is 9.95. The van der Waals surface area contributed by atoms with Gasteiger partial charge < -0.3 is 4.42 Å². The highest BCUT2D eigenvalue weighted by molar-refractivity contribution is 7.99. The van der Waals surface area contributed by atoms with Crippen LogP contribution in [0.5, 0.6) is 0 Å². The van der Waals surface area contributed by atoms with Crippen LogP contribution in [0.25, 0.3) is 16.8 Å². The first-order chi connectivity index (χ1) is 13.4. The average molecular weight is 392 g/mol. The van der Waals surface area contributed by atoms with Crippen LogP contribution in [0.2, 0.25) is 0 Å². The maximum Gasteiger partial charge on any atom is 0.210 e. The molecule has 0 radical (unpaired) electrons. The van der Waals surface area contributed by atoms with Gasteiger partial charge in [-0.05, 0) is 32.4 Å². The zero-order valence-electron chi connectivity index (χ0n) is 16.2. The molecule has 1 aromatic carbocycles. The SMILES string of the molecule is Cc1cc(C)c2c(-c3ccccc3)nc(SCC(=O)c3oc(C)nc3C)n2n1. The summed E-state index contributed by atoms with van der Waals surface area (Å²) in [5, 5.41) is 5.32. The number of benzene rings is 1. The Morgan fingerprint density at radius 2 is 1.86 bits per heavy atom. The molecular weight excluding hydrogens is 372 g/mol. The van der Waals surface area contributed by atoms with Gasteiger partial charge in [0.25, 0.3) is 0 Å². The van der Waals surface area contributed by atoms with Crippen molar-refractivity contribution in [2.24, 2.45) is 0 Å². The lowest BCUT2D eigenvalue weighted by atomic mass is 10.1. The van der Waals surface area contributed by atoms with E-state index in [2.05, 4.69) is 17.0 Å². The molecule has 142 valence electrons. The third kappa shape index (κ3) is 3.33. The van der Waals surface area contributed by atoms with Crippen LogP contribution >= 0.6 is 11.8 Å². The van der Waals surface area contributed by atoms with Crippen molar-refractivity contribution in [3.8, 4) is 11.3 Å². The molecule has 0 aliphatic heterocycles. The van der Waals surface area contributed by atoms with Crippen LogP contribution in [0.3, 0.4) is 0 Å². The molecule has 0 bridgehead atoms. The van der Waals surface area contributed by atoms with E-state index in [4.69, 9.17) is 9.40 Å². The molecule has 0 aliphatic rings. The molecule has 3 aromatic heterocycles. The second kappa shape index (κ2) is 7.24. The molecule has 6 nitrogen and oxygen atoms in total. The Hall–Kier alpha value is -2.93. The van der Waals surface area contributed by atoms with E-state index in [-0.39, 0.29) is 11.5 Å². The molecule has 4 rings (SSSR count). The van der Waals surface area contributed by atoms with Crippen molar-refractivity contribution in [3.05, 3.63) is 65.0 Å². The largest absolute Gasteiger partial charge is 0.438 e. The van der Waals surface area contributed by atoms with Crippen molar-refractivity contribution in [1.82, 2.24) is 19.6 Å². The maximum absolute atomic E-state index is 12.6. The van der Waals surface area contributed by atoms with E-state index >= 15 is 0 Å². The number of aromatic nitrogens is 4. The molecule has 0 unspecified atom stereocenters. The Kier molecular flexibility index (Phi) is 4.77. The van der Waals surface area contributed by atoms with Crippen LogP contribution < -0.4 is 0 Å². The topological polar surface area (TPSA) is 73.3 Å². The van der Waals surface area contributed by atoms with Gasteiger partial charge >= 0.3 is 0 Å². The smallest absolute Gasteiger partial charge is 0.210 e. The first kappa shape index (κ1) is 18.4. The minimum atomic E-state index is -0.106. The number of aryl methyl sites for hydroxylation is 4. The number of hydrogen-bond acceptors (Lipinski definition) is 6. The van der Waals surface area contributed by atoms with Gasteiger partial charge in [0.2, 0.25) is 5.78 Å². The normalized spacial score (nSPS) is 11.3. The predicted octanol–water partition coefficient (Wildman–Crippen LogP) is 4.59. The van der Waals surface area contributed by atoms with Crippen LogP contribution in [0.15, 0.2) is 46.0 Å². The summed E-state index contributed by atoms with van der Waals surface area (Å²) in [6, 6.07) is 12.1. The number of Topliss-reactive ketones (excluding diaryl/α,β-unsaturated/α-hetero) is 1. The summed E-state index contributed by atoms with van der Waals surface area (Å²) < 4.78 is 7.28. The molecule has 7 heteroatoms. The molecule has 28 heavy (non-hydrogen) atoms. The van der Waals surface area contributed by atoms with E-state index in [9.17, 15) is 4.79 Å². The van der Waals surface area contributed by atoms with Crippen molar-refractivity contribution in [2.75, 3.05) is 5.75 Å². The lowest BCUT2D eigenvalue weighted by molar-refractivity contribution is 0.0990. The number of carbonyl (C=O) groups excluding carboxylic acids is 1. The van der Waals surface area contributed by atoms with Gasteiger partial charge in [0, 0.05) is 12.5 Å². The highest BCUT2D eigenvalue weighted by atomic mass is 32.2. The number of hydrogen-bond donors (Lipinski definition) is 0. The standard InChI is InChI=1S/C21H20N4O2S/c1-12-10-13(2)24-25-19(12)18(16-8-6-5-7-9-16)23-21(25)28-11-17(26)20-14(3)22-15(4)27-20/h5-10H,11H2,1-4H3. The van der Waals surface area contributed by atoms with Crippen LogP contribution in [0.4, 0.5) is 0 Å². The Bertz CT molecular complexity index is 1180. The minimum absolute atomic E-state index is 0.106. The highest BCUT2D eigenvalue weighted by Crippen LogP contribution is 2.31. The summed E-state index contributed by atoms with van der Waals surface area (Å²) in [5.74, 6) is 0.911. The van der Waals surface area contributed by atoms with Crippen LogP contribution in [-0.2, 0) is 0 Å². The van der Waals surface area contributed by atoms with Crippen molar-refractivity contribution < 1.29 is 9.21 Å². The number of fused-ring (bicyclic) bond motifs is 1. The monoisotopic (exact) mass is 392 g/mol. The van der Waals surface area contributed by atoms with Crippen molar-refractivity contribution >= 4 is 23.1 Å². The molecule has 0 N–H and O–H groups in total. The lowest BCUT2D eigenvalue weighted by Gasteiger charge is -2.04. The maximum atomic E-state index is 12.6. The quantitative estimate of drug-likeness (QED) is 0.365. The summed E-state index contributed by atoms with van der Waals surface area (Å²) in [6.07, 6.45) is 0. The Balaban J connectivity index is 1.73. The number of ketones is 1. The third-order valence-electron chi connectivity index (χ3n) is 4.42. The predicted molar refractivity (Wildman–Crippen MR) is 109 cm³/mol. The molecule has 4 aromatic rings. The van der Waals surface area contributed by atoms with Gasteiger partial charge in [-0.2, -0.15) is 5.10 Å². The summed E-state index contributed by atoms with van der Waals surface area (Å²) in [4.78, 5) is 21.6. The Morgan fingerprint density at radius 1 is 1.11 bits per heavy atom. The lowest BCUT2D eigenvalue weighted by Crippen LogP contribution is -2.05. The van der Waals surface area contributed by atoms with Crippen LogP contribution in [0, 0.1) is 27.7 Å². The summed E-state index contributed by atoms with van der Waals surface area (Å²) in [7, 11) is 0. The summed E-state index contributed by atoms with van der Waals surface area (Å²) in [6.45, 7) is 7.52.